The van der Waals surface area contributed by atoms with E-state index in [1.54, 1.807) is 55.5 Å². The molecular formula is C23H17Cl2N3O4. The lowest BCUT2D eigenvalue weighted by Crippen LogP contribution is -2.32. The maximum atomic E-state index is 12.1. The van der Waals surface area contributed by atoms with Crippen molar-refractivity contribution in [1.29, 1.82) is 0 Å². The lowest BCUT2D eigenvalue weighted by Gasteiger charge is -2.07. The normalized spacial score (nSPS) is 10.9. The summed E-state index contributed by atoms with van der Waals surface area (Å²) >= 11 is 11.7. The van der Waals surface area contributed by atoms with Gasteiger partial charge in [0.15, 0.2) is 0 Å². The Bertz CT molecular complexity index is 1160. The summed E-state index contributed by atoms with van der Waals surface area (Å²) in [5.74, 6) is -2.00. The van der Waals surface area contributed by atoms with Gasteiger partial charge in [-0.2, -0.15) is 5.10 Å². The number of nitrogens with zero attached hydrogens (tertiary/aromatic N) is 1. The summed E-state index contributed by atoms with van der Waals surface area (Å²) in [7, 11) is 0. The molecule has 32 heavy (non-hydrogen) atoms. The Hall–Kier alpha value is -3.68. The molecule has 0 fully saturated rings. The summed E-state index contributed by atoms with van der Waals surface area (Å²) in [6, 6.07) is 19.6. The maximum absolute atomic E-state index is 12.1. The van der Waals surface area contributed by atoms with E-state index < -0.39 is 17.8 Å². The quantitative estimate of drug-likeness (QED) is 0.186. The summed E-state index contributed by atoms with van der Waals surface area (Å²) in [4.78, 5) is 36.1. The third-order valence-corrected chi connectivity index (χ3v) is 4.58. The van der Waals surface area contributed by atoms with E-state index in [4.69, 9.17) is 27.9 Å². The highest BCUT2D eigenvalue weighted by Crippen LogP contribution is 2.22. The predicted molar refractivity (Wildman–Crippen MR) is 123 cm³/mol. The van der Waals surface area contributed by atoms with Crippen LogP contribution in [0.4, 0.5) is 5.69 Å². The zero-order valence-corrected chi connectivity index (χ0v) is 18.3. The molecule has 162 valence electrons. The van der Waals surface area contributed by atoms with Gasteiger partial charge in [-0.25, -0.2) is 10.2 Å². The van der Waals surface area contributed by atoms with E-state index in [2.05, 4.69) is 15.8 Å². The summed E-state index contributed by atoms with van der Waals surface area (Å²) in [5, 5.41) is 6.95. The van der Waals surface area contributed by atoms with Gasteiger partial charge < -0.3 is 10.1 Å². The number of benzene rings is 3. The molecule has 0 aromatic heterocycles. The third-order valence-electron chi connectivity index (χ3n) is 4.14. The number of halogens is 2. The summed E-state index contributed by atoms with van der Waals surface area (Å²) in [6.07, 6.45) is 0. The molecular weight excluding hydrogens is 453 g/mol. The molecule has 0 aliphatic heterocycles. The number of amides is 2. The van der Waals surface area contributed by atoms with Gasteiger partial charge in [0, 0.05) is 15.7 Å². The second-order valence-corrected chi connectivity index (χ2v) is 7.40. The molecule has 3 rings (SSSR count). The van der Waals surface area contributed by atoms with Crippen LogP contribution in [0, 0.1) is 0 Å². The largest absolute Gasteiger partial charge is 0.423 e. The number of hydrazone groups is 1. The molecule has 0 aliphatic carbocycles. The number of ether oxygens (including phenoxy) is 1. The van der Waals surface area contributed by atoms with Crippen LogP contribution in [-0.2, 0) is 9.59 Å². The summed E-state index contributed by atoms with van der Waals surface area (Å²) in [6.45, 7) is 1.65. The third kappa shape index (κ3) is 6.41. The Labute approximate surface area is 194 Å². The molecule has 0 saturated carbocycles. The van der Waals surface area contributed by atoms with Crippen LogP contribution in [0.3, 0.4) is 0 Å². The van der Waals surface area contributed by atoms with Gasteiger partial charge in [-0.1, -0.05) is 41.4 Å². The Morgan fingerprint density at radius 1 is 0.812 bits per heavy atom. The lowest BCUT2D eigenvalue weighted by molar-refractivity contribution is -0.136. The van der Waals surface area contributed by atoms with Crippen LogP contribution in [0.1, 0.15) is 22.8 Å². The van der Waals surface area contributed by atoms with Gasteiger partial charge in [-0.05, 0) is 67.1 Å². The smallest absolute Gasteiger partial charge is 0.343 e. The Kier molecular flexibility index (Phi) is 7.59. The van der Waals surface area contributed by atoms with E-state index in [0.29, 0.717) is 32.6 Å². The number of hydrogen-bond donors (Lipinski definition) is 2. The van der Waals surface area contributed by atoms with Crippen LogP contribution in [-0.4, -0.2) is 23.5 Å². The topological polar surface area (TPSA) is 96.9 Å². The molecule has 0 atom stereocenters. The fourth-order valence-corrected chi connectivity index (χ4v) is 3.09. The number of rotatable bonds is 5. The Morgan fingerprint density at radius 3 is 2.06 bits per heavy atom. The van der Waals surface area contributed by atoms with Crippen molar-refractivity contribution in [2.75, 3.05) is 5.32 Å². The molecule has 0 bridgehead atoms. The fourth-order valence-electron chi connectivity index (χ4n) is 2.57. The van der Waals surface area contributed by atoms with Crippen molar-refractivity contribution in [3.63, 3.8) is 0 Å². The van der Waals surface area contributed by atoms with Crippen molar-refractivity contribution >= 4 is 52.4 Å². The minimum atomic E-state index is -0.964. The van der Waals surface area contributed by atoms with Crippen molar-refractivity contribution in [2.24, 2.45) is 5.10 Å². The first-order valence-corrected chi connectivity index (χ1v) is 10.1. The van der Waals surface area contributed by atoms with E-state index in [1.807, 2.05) is 6.07 Å². The highest BCUT2D eigenvalue weighted by Gasteiger charge is 2.14. The highest BCUT2D eigenvalue weighted by atomic mass is 35.5. The van der Waals surface area contributed by atoms with Crippen molar-refractivity contribution < 1.29 is 19.1 Å². The summed E-state index contributed by atoms with van der Waals surface area (Å²) < 4.78 is 5.32. The van der Waals surface area contributed by atoms with E-state index >= 15 is 0 Å². The number of carbonyl (C=O) groups excluding carboxylic acids is 3. The molecule has 2 amide bonds. The molecule has 2 N–H and O–H groups in total. The average molecular weight is 470 g/mol. The number of esters is 1. The first kappa shape index (κ1) is 23.0. The standard InChI is InChI=1S/C23H17Cl2N3O4/c1-14(27-28-22(30)21(29)26-19-12-17(24)11-18(25)13-19)15-7-9-20(10-8-15)32-23(31)16-5-3-2-4-6-16/h2-13H,1H3,(H,26,29)(H,28,30)/b27-14+. The molecule has 9 heteroatoms. The number of carbonyl (C=O) groups is 3. The highest BCUT2D eigenvalue weighted by molar-refractivity contribution is 6.40. The van der Waals surface area contributed by atoms with E-state index in [0.717, 1.165) is 0 Å². The first-order chi connectivity index (χ1) is 15.3. The van der Waals surface area contributed by atoms with Gasteiger partial charge in [0.1, 0.15) is 5.75 Å². The van der Waals surface area contributed by atoms with Crippen LogP contribution >= 0.6 is 23.2 Å². The number of anilines is 1. The van der Waals surface area contributed by atoms with Crippen molar-refractivity contribution in [3.05, 3.63) is 94.0 Å². The van der Waals surface area contributed by atoms with Gasteiger partial charge in [-0.15, -0.1) is 0 Å². The Morgan fingerprint density at radius 2 is 1.44 bits per heavy atom. The number of hydrogen-bond acceptors (Lipinski definition) is 5. The zero-order valence-electron chi connectivity index (χ0n) is 16.8. The van der Waals surface area contributed by atoms with Crippen molar-refractivity contribution in [1.82, 2.24) is 5.43 Å². The average Bonchev–Trinajstić information content (AvgIpc) is 2.77. The molecule has 3 aromatic rings. The second-order valence-electron chi connectivity index (χ2n) is 6.53. The van der Waals surface area contributed by atoms with Crippen molar-refractivity contribution in [2.45, 2.75) is 6.92 Å². The van der Waals surface area contributed by atoms with Gasteiger partial charge in [0.25, 0.3) is 0 Å². The molecule has 0 spiro atoms. The molecule has 0 aliphatic rings. The second kappa shape index (κ2) is 10.6. The van der Waals surface area contributed by atoms with Gasteiger partial charge in [0.2, 0.25) is 0 Å². The Balaban J connectivity index is 1.57. The van der Waals surface area contributed by atoms with E-state index in [1.165, 1.54) is 18.2 Å². The zero-order chi connectivity index (χ0) is 23.1. The molecule has 0 heterocycles. The minimum Gasteiger partial charge on any atom is -0.423 e. The van der Waals surface area contributed by atoms with E-state index in [-0.39, 0.29) is 5.69 Å². The molecule has 3 aromatic carbocycles. The van der Waals surface area contributed by atoms with Crippen LogP contribution in [0.15, 0.2) is 77.9 Å². The molecule has 0 radical (unpaired) electrons. The summed E-state index contributed by atoms with van der Waals surface area (Å²) in [5.41, 5.74) is 4.01. The fraction of sp³-hybridized carbons (Fsp3) is 0.0435. The van der Waals surface area contributed by atoms with Crippen LogP contribution in [0.2, 0.25) is 10.0 Å². The van der Waals surface area contributed by atoms with Crippen LogP contribution in [0.25, 0.3) is 0 Å². The maximum Gasteiger partial charge on any atom is 0.343 e. The van der Waals surface area contributed by atoms with Crippen LogP contribution in [0.5, 0.6) is 5.75 Å². The first-order valence-electron chi connectivity index (χ1n) is 9.31. The molecule has 0 unspecified atom stereocenters. The lowest BCUT2D eigenvalue weighted by atomic mass is 10.1. The number of nitrogens with one attached hydrogen (secondary N) is 2. The van der Waals surface area contributed by atoms with Gasteiger partial charge >= 0.3 is 17.8 Å². The monoisotopic (exact) mass is 469 g/mol. The van der Waals surface area contributed by atoms with E-state index in [9.17, 15) is 14.4 Å². The predicted octanol–water partition coefficient (Wildman–Crippen LogP) is 4.69. The minimum absolute atomic E-state index is 0.281. The van der Waals surface area contributed by atoms with Gasteiger partial charge in [-0.3, -0.25) is 9.59 Å². The SMILES string of the molecule is C/C(=N\NC(=O)C(=O)Nc1cc(Cl)cc(Cl)c1)c1ccc(OC(=O)c2ccccc2)cc1. The molecule has 7 nitrogen and oxygen atoms in total. The van der Waals surface area contributed by atoms with Gasteiger partial charge in [0.05, 0.1) is 11.3 Å². The van der Waals surface area contributed by atoms with Crippen LogP contribution < -0.4 is 15.5 Å². The molecule has 0 saturated heterocycles. The van der Waals surface area contributed by atoms with Crippen molar-refractivity contribution in [3.8, 4) is 5.75 Å².